The van der Waals surface area contributed by atoms with Crippen LogP contribution < -0.4 is 0 Å². The summed E-state index contributed by atoms with van der Waals surface area (Å²) >= 11 is 0. The normalized spacial score (nSPS) is 46.4. The molecule has 1 heterocycles. The van der Waals surface area contributed by atoms with Crippen LogP contribution in [0.4, 0.5) is 0 Å². The van der Waals surface area contributed by atoms with Crippen LogP contribution in [0.15, 0.2) is 13.2 Å². The molecule has 0 aromatic carbocycles. The smallest absolute Gasteiger partial charge is 0.0657 e. The van der Waals surface area contributed by atoms with Gasteiger partial charge in [0.25, 0.3) is 0 Å². The van der Waals surface area contributed by atoms with Gasteiger partial charge in [0.05, 0.1) is 5.60 Å². The first-order valence-corrected chi connectivity index (χ1v) is 8.50. The molecule has 1 aliphatic heterocycles. The van der Waals surface area contributed by atoms with Gasteiger partial charge in [0.2, 0.25) is 0 Å². The Hall–Kier alpha value is -0.300. The van der Waals surface area contributed by atoms with Crippen LogP contribution in [0.2, 0.25) is 0 Å². The SMILES string of the molecule is C=C.CC1(C)CCC[C@@]2(C)[C@@H]3CCO[C@@](C)(CC[C@H]12)C3. The molecule has 0 aromatic heterocycles. The molecular formula is C19H34O. The van der Waals surface area contributed by atoms with Gasteiger partial charge in [0.1, 0.15) is 0 Å². The summed E-state index contributed by atoms with van der Waals surface area (Å²) in [6, 6.07) is 0. The van der Waals surface area contributed by atoms with E-state index in [-0.39, 0.29) is 5.60 Å². The van der Waals surface area contributed by atoms with Gasteiger partial charge in [-0.1, -0.05) is 27.2 Å². The molecule has 3 aliphatic rings. The summed E-state index contributed by atoms with van der Waals surface area (Å²) in [7, 11) is 0. The maximum absolute atomic E-state index is 6.14. The molecule has 0 amide bonds. The van der Waals surface area contributed by atoms with E-state index in [9.17, 15) is 0 Å². The van der Waals surface area contributed by atoms with E-state index in [0.29, 0.717) is 10.8 Å². The summed E-state index contributed by atoms with van der Waals surface area (Å²) in [4.78, 5) is 0. The van der Waals surface area contributed by atoms with Crippen molar-refractivity contribution in [2.45, 2.75) is 78.2 Å². The molecule has 1 saturated heterocycles. The van der Waals surface area contributed by atoms with Crippen molar-refractivity contribution in [3.8, 4) is 0 Å². The van der Waals surface area contributed by atoms with E-state index in [1.165, 1.54) is 44.9 Å². The molecule has 2 aliphatic carbocycles. The van der Waals surface area contributed by atoms with Crippen molar-refractivity contribution in [1.29, 1.82) is 0 Å². The Labute approximate surface area is 126 Å². The van der Waals surface area contributed by atoms with E-state index in [1.54, 1.807) is 0 Å². The van der Waals surface area contributed by atoms with Crippen LogP contribution in [-0.2, 0) is 4.74 Å². The zero-order valence-electron chi connectivity index (χ0n) is 14.1. The Morgan fingerprint density at radius 3 is 2.35 bits per heavy atom. The third kappa shape index (κ3) is 2.58. The molecule has 4 atom stereocenters. The summed E-state index contributed by atoms with van der Waals surface area (Å²) in [5.74, 6) is 1.82. The van der Waals surface area contributed by atoms with Crippen LogP contribution in [0.1, 0.15) is 72.6 Å². The fraction of sp³-hybridized carbons (Fsp3) is 0.895. The number of fused-ring (bicyclic) bond motifs is 4. The summed E-state index contributed by atoms with van der Waals surface area (Å²) in [6.45, 7) is 17.0. The first-order valence-electron chi connectivity index (χ1n) is 8.50. The summed E-state index contributed by atoms with van der Waals surface area (Å²) < 4.78 is 6.14. The third-order valence-electron chi connectivity index (χ3n) is 6.77. The molecule has 0 aromatic rings. The highest BCUT2D eigenvalue weighted by molar-refractivity contribution is 5.04. The second-order valence-electron chi connectivity index (χ2n) is 8.43. The summed E-state index contributed by atoms with van der Waals surface area (Å²) in [5.41, 5.74) is 1.32. The zero-order valence-corrected chi connectivity index (χ0v) is 14.1. The lowest BCUT2D eigenvalue weighted by Gasteiger charge is -2.54. The van der Waals surface area contributed by atoms with Gasteiger partial charge in [0.15, 0.2) is 0 Å². The number of ether oxygens (including phenoxy) is 1. The maximum Gasteiger partial charge on any atom is 0.0657 e. The summed E-state index contributed by atoms with van der Waals surface area (Å²) in [6.07, 6.45) is 9.62. The Bertz CT molecular complexity index is 348. The predicted molar refractivity (Wildman–Crippen MR) is 86.8 cm³/mol. The van der Waals surface area contributed by atoms with E-state index in [4.69, 9.17) is 4.74 Å². The lowest BCUT2D eigenvalue weighted by atomic mass is 9.51. The van der Waals surface area contributed by atoms with Crippen molar-refractivity contribution in [3.05, 3.63) is 13.2 Å². The Balaban J connectivity index is 0.000000704. The minimum Gasteiger partial charge on any atom is -0.375 e. The number of rotatable bonds is 0. The van der Waals surface area contributed by atoms with E-state index >= 15 is 0 Å². The molecule has 0 radical (unpaired) electrons. The number of hydrogen-bond donors (Lipinski definition) is 0. The van der Waals surface area contributed by atoms with E-state index in [1.807, 2.05) is 0 Å². The van der Waals surface area contributed by atoms with Gasteiger partial charge in [-0.3, -0.25) is 0 Å². The van der Waals surface area contributed by atoms with Crippen molar-refractivity contribution >= 4 is 0 Å². The quantitative estimate of drug-likeness (QED) is 0.524. The van der Waals surface area contributed by atoms with Crippen molar-refractivity contribution in [1.82, 2.24) is 0 Å². The van der Waals surface area contributed by atoms with Crippen LogP contribution in [0.3, 0.4) is 0 Å². The Kier molecular flexibility index (Phi) is 4.40. The van der Waals surface area contributed by atoms with E-state index < -0.39 is 0 Å². The van der Waals surface area contributed by atoms with Gasteiger partial charge in [-0.25, -0.2) is 0 Å². The lowest BCUT2D eigenvalue weighted by Crippen LogP contribution is -2.47. The average molecular weight is 278 g/mol. The maximum atomic E-state index is 6.14. The molecule has 1 nitrogen and oxygen atoms in total. The van der Waals surface area contributed by atoms with Gasteiger partial charge < -0.3 is 4.74 Å². The van der Waals surface area contributed by atoms with Crippen molar-refractivity contribution in [2.75, 3.05) is 6.61 Å². The molecule has 2 saturated carbocycles. The Morgan fingerprint density at radius 2 is 1.65 bits per heavy atom. The molecular weight excluding hydrogens is 244 g/mol. The molecule has 1 heteroatoms. The fourth-order valence-corrected chi connectivity index (χ4v) is 5.69. The van der Waals surface area contributed by atoms with Crippen LogP contribution in [-0.4, -0.2) is 12.2 Å². The van der Waals surface area contributed by atoms with E-state index in [0.717, 1.165) is 18.4 Å². The first kappa shape index (κ1) is 16.1. The van der Waals surface area contributed by atoms with Gasteiger partial charge in [-0.15, -0.1) is 13.2 Å². The highest BCUT2D eigenvalue weighted by atomic mass is 16.5. The molecule has 3 fully saturated rings. The zero-order chi connectivity index (χ0) is 15.0. The van der Waals surface area contributed by atoms with Crippen LogP contribution in [0, 0.1) is 22.7 Å². The molecule has 3 rings (SSSR count). The average Bonchev–Trinajstić information content (AvgIpc) is 2.46. The summed E-state index contributed by atoms with van der Waals surface area (Å²) in [5, 5.41) is 0. The molecule has 0 unspecified atom stereocenters. The molecule has 0 spiro atoms. The second kappa shape index (κ2) is 5.48. The van der Waals surface area contributed by atoms with Crippen LogP contribution >= 0.6 is 0 Å². The highest BCUT2D eigenvalue weighted by Gasteiger charge is 2.54. The van der Waals surface area contributed by atoms with Crippen LogP contribution in [0.5, 0.6) is 0 Å². The van der Waals surface area contributed by atoms with Gasteiger partial charge in [-0.05, 0) is 68.1 Å². The van der Waals surface area contributed by atoms with Crippen molar-refractivity contribution in [3.63, 3.8) is 0 Å². The minimum absolute atomic E-state index is 0.194. The second-order valence-corrected chi connectivity index (χ2v) is 8.43. The predicted octanol–water partition coefficient (Wildman–Crippen LogP) is 5.60. The monoisotopic (exact) mass is 278 g/mol. The third-order valence-corrected chi connectivity index (χ3v) is 6.77. The molecule has 0 N–H and O–H groups in total. The molecule has 20 heavy (non-hydrogen) atoms. The minimum atomic E-state index is 0.194. The number of hydrogen-bond acceptors (Lipinski definition) is 1. The van der Waals surface area contributed by atoms with Crippen molar-refractivity contribution < 1.29 is 4.74 Å². The van der Waals surface area contributed by atoms with Gasteiger partial charge in [0, 0.05) is 6.61 Å². The van der Waals surface area contributed by atoms with E-state index in [2.05, 4.69) is 40.9 Å². The van der Waals surface area contributed by atoms with Crippen LogP contribution in [0.25, 0.3) is 0 Å². The topological polar surface area (TPSA) is 9.23 Å². The molecule has 116 valence electrons. The lowest BCUT2D eigenvalue weighted by molar-refractivity contribution is -0.112. The largest absolute Gasteiger partial charge is 0.375 e. The van der Waals surface area contributed by atoms with Crippen molar-refractivity contribution in [2.24, 2.45) is 22.7 Å². The Morgan fingerprint density at radius 1 is 0.950 bits per heavy atom. The fourth-order valence-electron chi connectivity index (χ4n) is 5.69. The standard InChI is InChI=1S/C17H30O.C2H4/c1-15(2)8-5-9-17(4)13-7-11-18-16(3,12-13)10-6-14(15)17;1-2/h13-14H,5-12H2,1-4H3;1-2H2/t13-,14-,16+,17+;/m1./s1. The highest BCUT2D eigenvalue weighted by Crippen LogP contribution is 2.61. The molecule has 2 bridgehead atoms. The first-order chi connectivity index (χ1) is 9.36. The van der Waals surface area contributed by atoms with Gasteiger partial charge in [-0.2, -0.15) is 0 Å². The van der Waals surface area contributed by atoms with Gasteiger partial charge >= 0.3 is 0 Å².